The number of thiocarbonyl (C=S) groups is 1. The van der Waals surface area contributed by atoms with Crippen molar-refractivity contribution in [3.63, 3.8) is 0 Å². The van der Waals surface area contributed by atoms with E-state index in [0.717, 1.165) is 16.8 Å². The first kappa shape index (κ1) is 22.4. The molecular formula is C25H20ClNO3S2. The van der Waals surface area contributed by atoms with Gasteiger partial charge in [0.1, 0.15) is 6.61 Å². The third-order valence-electron chi connectivity index (χ3n) is 4.86. The van der Waals surface area contributed by atoms with Gasteiger partial charge in [-0.15, -0.1) is 0 Å². The highest BCUT2D eigenvalue weighted by Gasteiger charge is 2.33. The van der Waals surface area contributed by atoms with Crippen molar-refractivity contribution < 1.29 is 14.3 Å². The van der Waals surface area contributed by atoms with Crippen molar-refractivity contribution in [1.82, 2.24) is 0 Å². The predicted molar refractivity (Wildman–Crippen MR) is 136 cm³/mol. The zero-order valence-electron chi connectivity index (χ0n) is 17.5. The van der Waals surface area contributed by atoms with Gasteiger partial charge in [0.05, 0.1) is 22.7 Å². The van der Waals surface area contributed by atoms with Crippen LogP contribution in [0.1, 0.15) is 16.7 Å². The summed E-state index contributed by atoms with van der Waals surface area (Å²) in [5, 5.41) is 0.404. The zero-order valence-corrected chi connectivity index (χ0v) is 19.9. The summed E-state index contributed by atoms with van der Waals surface area (Å²) in [7, 11) is 1.56. The van der Waals surface area contributed by atoms with E-state index in [9.17, 15) is 4.79 Å². The molecule has 1 fully saturated rings. The standard InChI is InChI=1S/C25H20ClNO3S2/c1-16-8-10-17(11-9-16)15-30-23-20(26)12-18(13-21(23)29-2)14-22-24(28)27(25(31)32-22)19-6-4-3-5-7-19/h3-14H,15H2,1-2H3/b22-14+. The van der Waals surface area contributed by atoms with Crippen LogP contribution in [-0.2, 0) is 11.4 Å². The van der Waals surface area contributed by atoms with E-state index in [-0.39, 0.29) is 5.91 Å². The summed E-state index contributed by atoms with van der Waals surface area (Å²) in [4.78, 5) is 15.0. The van der Waals surface area contributed by atoms with Crippen LogP contribution in [0.15, 0.2) is 71.6 Å². The number of benzene rings is 3. The number of methoxy groups -OCH3 is 1. The molecular weight excluding hydrogens is 462 g/mol. The molecule has 1 heterocycles. The van der Waals surface area contributed by atoms with E-state index < -0.39 is 0 Å². The highest BCUT2D eigenvalue weighted by molar-refractivity contribution is 8.27. The molecule has 162 valence electrons. The fourth-order valence-electron chi connectivity index (χ4n) is 3.22. The first-order valence-corrected chi connectivity index (χ1v) is 11.5. The molecule has 7 heteroatoms. The molecule has 0 spiro atoms. The lowest BCUT2D eigenvalue weighted by Crippen LogP contribution is -2.27. The van der Waals surface area contributed by atoms with Crippen LogP contribution in [0.5, 0.6) is 11.5 Å². The number of carbonyl (C=O) groups is 1. The van der Waals surface area contributed by atoms with Crippen molar-refractivity contribution in [2.24, 2.45) is 0 Å². The Morgan fingerprint density at radius 1 is 1.09 bits per heavy atom. The van der Waals surface area contributed by atoms with E-state index in [1.807, 2.05) is 61.5 Å². The number of anilines is 1. The molecule has 32 heavy (non-hydrogen) atoms. The quantitative estimate of drug-likeness (QED) is 0.291. The maximum atomic E-state index is 13.0. The van der Waals surface area contributed by atoms with Gasteiger partial charge in [-0.2, -0.15) is 0 Å². The summed E-state index contributed by atoms with van der Waals surface area (Å²) in [6.07, 6.45) is 1.76. The smallest absolute Gasteiger partial charge is 0.270 e. The lowest BCUT2D eigenvalue weighted by Gasteiger charge is -2.14. The van der Waals surface area contributed by atoms with Gasteiger partial charge in [0, 0.05) is 0 Å². The molecule has 4 nitrogen and oxygen atoms in total. The Balaban J connectivity index is 1.57. The largest absolute Gasteiger partial charge is 0.493 e. The number of halogens is 1. The molecule has 3 aromatic rings. The van der Waals surface area contributed by atoms with Gasteiger partial charge in [-0.25, -0.2) is 0 Å². The van der Waals surface area contributed by atoms with Crippen molar-refractivity contribution in [2.45, 2.75) is 13.5 Å². The maximum absolute atomic E-state index is 13.0. The second kappa shape index (κ2) is 9.77. The molecule has 0 bridgehead atoms. The topological polar surface area (TPSA) is 38.8 Å². The molecule has 3 aromatic carbocycles. The highest BCUT2D eigenvalue weighted by Crippen LogP contribution is 2.40. The average Bonchev–Trinajstić information content (AvgIpc) is 3.07. The van der Waals surface area contributed by atoms with E-state index in [1.165, 1.54) is 22.2 Å². The van der Waals surface area contributed by atoms with Crippen molar-refractivity contribution in [3.05, 3.63) is 93.3 Å². The van der Waals surface area contributed by atoms with Crippen molar-refractivity contribution in [1.29, 1.82) is 0 Å². The van der Waals surface area contributed by atoms with Gasteiger partial charge in [0.25, 0.3) is 5.91 Å². The molecule has 0 atom stereocenters. The average molecular weight is 482 g/mol. The Morgan fingerprint density at radius 2 is 1.81 bits per heavy atom. The van der Waals surface area contributed by atoms with Gasteiger partial charge in [0.2, 0.25) is 0 Å². The number of carbonyl (C=O) groups excluding carboxylic acids is 1. The van der Waals surface area contributed by atoms with Crippen LogP contribution in [0, 0.1) is 6.92 Å². The lowest BCUT2D eigenvalue weighted by atomic mass is 10.1. The van der Waals surface area contributed by atoms with Crippen LogP contribution >= 0.6 is 35.6 Å². The Morgan fingerprint density at radius 3 is 2.50 bits per heavy atom. The Kier molecular flexibility index (Phi) is 6.84. The van der Waals surface area contributed by atoms with Gasteiger partial charge in [-0.05, 0) is 48.4 Å². The third-order valence-corrected chi connectivity index (χ3v) is 6.44. The minimum absolute atomic E-state index is 0.166. The fraction of sp³-hybridized carbons (Fsp3) is 0.120. The Bertz CT molecular complexity index is 1190. The number of thioether (sulfide) groups is 1. The molecule has 0 aromatic heterocycles. The minimum Gasteiger partial charge on any atom is -0.493 e. The summed E-state index contributed by atoms with van der Waals surface area (Å²) in [5.74, 6) is 0.791. The number of hydrogen-bond acceptors (Lipinski definition) is 5. The Hall–Kier alpha value is -2.80. The van der Waals surface area contributed by atoms with Crippen LogP contribution in [-0.4, -0.2) is 17.3 Å². The van der Waals surface area contributed by atoms with Gasteiger partial charge in [0.15, 0.2) is 15.8 Å². The zero-order chi connectivity index (χ0) is 22.7. The number of ether oxygens (including phenoxy) is 2. The fourth-order valence-corrected chi connectivity index (χ4v) is 4.79. The van der Waals surface area contributed by atoms with Crippen LogP contribution in [0.4, 0.5) is 5.69 Å². The molecule has 1 aliphatic heterocycles. The van der Waals surface area contributed by atoms with Gasteiger partial charge < -0.3 is 9.47 Å². The molecule has 0 saturated carbocycles. The molecule has 0 aliphatic carbocycles. The lowest BCUT2D eigenvalue weighted by molar-refractivity contribution is -0.113. The van der Waals surface area contributed by atoms with E-state index in [4.69, 9.17) is 33.3 Å². The van der Waals surface area contributed by atoms with Gasteiger partial charge in [-0.3, -0.25) is 9.69 Å². The number of rotatable bonds is 6. The summed E-state index contributed by atoms with van der Waals surface area (Å²) >= 11 is 13.2. The van der Waals surface area contributed by atoms with Crippen LogP contribution < -0.4 is 14.4 Å². The third kappa shape index (κ3) is 4.83. The Labute approximate surface area is 201 Å². The van der Waals surface area contributed by atoms with Crippen molar-refractivity contribution in [2.75, 3.05) is 12.0 Å². The minimum atomic E-state index is -0.166. The first-order chi connectivity index (χ1) is 15.5. The van der Waals surface area contributed by atoms with E-state index >= 15 is 0 Å². The van der Waals surface area contributed by atoms with Crippen LogP contribution in [0.2, 0.25) is 5.02 Å². The SMILES string of the molecule is COc1cc(/C=C2/SC(=S)N(c3ccccc3)C2=O)cc(Cl)c1OCc1ccc(C)cc1. The molecule has 1 saturated heterocycles. The van der Waals surface area contributed by atoms with E-state index in [0.29, 0.717) is 32.4 Å². The van der Waals surface area contributed by atoms with Gasteiger partial charge >= 0.3 is 0 Å². The number of aryl methyl sites for hydroxylation is 1. The molecule has 4 rings (SSSR count). The summed E-state index contributed by atoms with van der Waals surface area (Å²) in [6.45, 7) is 2.41. The maximum Gasteiger partial charge on any atom is 0.270 e. The number of para-hydroxylation sites is 1. The second-order valence-electron chi connectivity index (χ2n) is 7.16. The first-order valence-electron chi connectivity index (χ1n) is 9.85. The monoisotopic (exact) mass is 481 g/mol. The van der Waals surface area contributed by atoms with Crippen LogP contribution in [0.25, 0.3) is 6.08 Å². The highest BCUT2D eigenvalue weighted by atomic mass is 35.5. The normalized spacial score (nSPS) is 14.8. The van der Waals surface area contributed by atoms with Crippen LogP contribution in [0.3, 0.4) is 0 Å². The van der Waals surface area contributed by atoms with Crippen molar-refractivity contribution in [3.8, 4) is 11.5 Å². The van der Waals surface area contributed by atoms with Gasteiger partial charge in [-0.1, -0.05) is 83.6 Å². The molecule has 0 radical (unpaired) electrons. The summed E-state index contributed by atoms with van der Waals surface area (Å²) < 4.78 is 11.9. The summed E-state index contributed by atoms with van der Waals surface area (Å²) in [6, 6.07) is 21.0. The predicted octanol–water partition coefficient (Wildman–Crippen LogP) is 6.64. The summed E-state index contributed by atoms with van der Waals surface area (Å²) in [5.41, 5.74) is 3.69. The van der Waals surface area contributed by atoms with Crippen molar-refractivity contribution >= 4 is 57.6 Å². The molecule has 1 amide bonds. The number of amides is 1. The molecule has 1 aliphatic rings. The number of hydrogen-bond donors (Lipinski definition) is 0. The number of nitrogens with zero attached hydrogens (tertiary/aromatic N) is 1. The van der Waals surface area contributed by atoms with E-state index in [1.54, 1.807) is 25.3 Å². The molecule has 0 N–H and O–H groups in total. The van der Waals surface area contributed by atoms with E-state index in [2.05, 4.69) is 0 Å². The second-order valence-corrected chi connectivity index (χ2v) is 9.24. The molecule has 0 unspecified atom stereocenters.